The molecule has 2 amide bonds. The number of amides is 2. The molecule has 17 heavy (non-hydrogen) atoms. The third kappa shape index (κ3) is 3.72. The maximum atomic E-state index is 10.8. The Morgan fingerprint density at radius 2 is 2.18 bits per heavy atom. The van der Waals surface area contributed by atoms with Crippen LogP contribution < -0.4 is 11.1 Å². The van der Waals surface area contributed by atoms with Gasteiger partial charge >= 0.3 is 6.03 Å². The predicted molar refractivity (Wildman–Crippen MR) is 65.7 cm³/mol. The topological polar surface area (TPSA) is 67.6 Å². The van der Waals surface area contributed by atoms with Crippen molar-refractivity contribution in [1.29, 1.82) is 0 Å². The van der Waals surface area contributed by atoms with Gasteiger partial charge in [0.25, 0.3) is 0 Å². The summed E-state index contributed by atoms with van der Waals surface area (Å²) in [5, 5.41) is 2.58. The second-order valence-corrected chi connectivity index (χ2v) is 4.08. The Bertz CT molecular complexity index is 389. The van der Waals surface area contributed by atoms with Crippen molar-refractivity contribution in [1.82, 2.24) is 4.90 Å². The number of hydrogen-bond acceptors (Lipinski definition) is 3. The summed E-state index contributed by atoms with van der Waals surface area (Å²) in [7, 11) is 0. The molecule has 0 unspecified atom stereocenters. The predicted octanol–water partition coefficient (Wildman–Crippen LogP) is 1.01. The van der Waals surface area contributed by atoms with Crippen molar-refractivity contribution in [2.45, 2.75) is 6.54 Å². The number of primary amides is 1. The molecule has 1 saturated heterocycles. The van der Waals surface area contributed by atoms with Gasteiger partial charge in [0, 0.05) is 25.3 Å². The molecule has 0 aromatic heterocycles. The van der Waals surface area contributed by atoms with Gasteiger partial charge in [-0.05, 0) is 17.7 Å². The van der Waals surface area contributed by atoms with Gasteiger partial charge in [0.2, 0.25) is 0 Å². The number of nitrogens with two attached hydrogens (primary N) is 1. The zero-order valence-electron chi connectivity index (χ0n) is 9.69. The van der Waals surface area contributed by atoms with Gasteiger partial charge in [0.1, 0.15) is 0 Å². The smallest absolute Gasteiger partial charge is 0.316 e. The Morgan fingerprint density at radius 3 is 2.88 bits per heavy atom. The van der Waals surface area contributed by atoms with Gasteiger partial charge < -0.3 is 15.8 Å². The average Bonchev–Trinajstić information content (AvgIpc) is 2.30. The highest BCUT2D eigenvalue weighted by molar-refractivity contribution is 5.87. The summed E-state index contributed by atoms with van der Waals surface area (Å²) in [6, 6.07) is 7.20. The number of morpholine rings is 1. The van der Waals surface area contributed by atoms with Gasteiger partial charge in [-0.2, -0.15) is 0 Å². The fraction of sp³-hybridized carbons (Fsp3) is 0.417. The third-order valence-corrected chi connectivity index (χ3v) is 2.70. The zero-order valence-corrected chi connectivity index (χ0v) is 9.69. The molecule has 1 heterocycles. The zero-order chi connectivity index (χ0) is 12.1. The minimum absolute atomic E-state index is 0.534. The van der Waals surface area contributed by atoms with E-state index in [1.165, 1.54) is 0 Å². The lowest BCUT2D eigenvalue weighted by atomic mass is 10.2. The van der Waals surface area contributed by atoms with Crippen LogP contribution in [-0.4, -0.2) is 37.2 Å². The molecule has 1 aliphatic rings. The minimum atomic E-state index is -0.534. The Labute approximate surface area is 101 Å². The Kier molecular flexibility index (Phi) is 3.95. The lowest BCUT2D eigenvalue weighted by Crippen LogP contribution is -2.35. The van der Waals surface area contributed by atoms with Crippen LogP contribution >= 0.6 is 0 Å². The van der Waals surface area contributed by atoms with Crippen molar-refractivity contribution in [2.24, 2.45) is 5.73 Å². The molecule has 0 spiro atoms. The fourth-order valence-electron chi connectivity index (χ4n) is 1.91. The number of nitrogens with one attached hydrogen (secondary N) is 1. The maximum Gasteiger partial charge on any atom is 0.316 e. The van der Waals surface area contributed by atoms with Crippen LogP contribution in [0.5, 0.6) is 0 Å². The van der Waals surface area contributed by atoms with Gasteiger partial charge in [-0.1, -0.05) is 12.1 Å². The van der Waals surface area contributed by atoms with E-state index >= 15 is 0 Å². The molecular formula is C12H17N3O2. The number of carbonyl (C=O) groups is 1. The minimum Gasteiger partial charge on any atom is -0.379 e. The molecule has 1 aromatic carbocycles. The van der Waals surface area contributed by atoms with E-state index in [0.717, 1.165) is 44.1 Å². The molecule has 0 radical (unpaired) electrons. The molecule has 5 nitrogen and oxygen atoms in total. The lowest BCUT2D eigenvalue weighted by Gasteiger charge is -2.26. The highest BCUT2D eigenvalue weighted by Gasteiger charge is 2.10. The van der Waals surface area contributed by atoms with E-state index in [1.807, 2.05) is 24.3 Å². The van der Waals surface area contributed by atoms with Crippen LogP contribution in [0.1, 0.15) is 5.56 Å². The second kappa shape index (κ2) is 5.65. The maximum absolute atomic E-state index is 10.8. The summed E-state index contributed by atoms with van der Waals surface area (Å²) in [5.41, 5.74) is 6.99. The molecule has 5 heteroatoms. The highest BCUT2D eigenvalue weighted by Crippen LogP contribution is 2.13. The largest absolute Gasteiger partial charge is 0.379 e. The summed E-state index contributed by atoms with van der Waals surface area (Å²) in [5.74, 6) is 0. The second-order valence-electron chi connectivity index (χ2n) is 4.08. The number of urea groups is 1. The first-order chi connectivity index (χ1) is 8.24. The summed E-state index contributed by atoms with van der Waals surface area (Å²) in [6.45, 7) is 4.36. The molecule has 92 valence electrons. The number of hydrogen-bond donors (Lipinski definition) is 2. The van der Waals surface area contributed by atoms with Crippen LogP contribution in [0.3, 0.4) is 0 Å². The van der Waals surface area contributed by atoms with Gasteiger partial charge in [0.05, 0.1) is 13.2 Å². The Balaban J connectivity index is 1.97. The van der Waals surface area contributed by atoms with E-state index in [2.05, 4.69) is 10.2 Å². The molecule has 1 aliphatic heterocycles. The monoisotopic (exact) mass is 235 g/mol. The fourth-order valence-corrected chi connectivity index (χ4v) is 1.91. The number of carbonyl (C=O) groups excluding carboxylic acids is 1. The van der Waals surface area contributed by atoms with E-state index in [1.54, 1.807) is 0 Å². The van der Waals surface area contributed by atoms with E-state index < -0.39 is 6.03 Å². The number of ether oxygens (including phenoxy) is 1. The molecular weight excluding hydrogens is 218 g/mol. The average molecular weight is 235 g/mol. The number of benzene rings is 1. The van der Waals surface area contributed by atoms with Crippen LogP contribution in [0.2, 0.25) is 0 Å². The Morgan fingerprint density at radius 1 is 1.41 bits per heavy atom. The standard InChI is InChI=1S/C12H17N3O2/c13-12(16)14-11-3-1-2-10(8-11)9-15-4-6-17-7-5-15/h1-3,8H,4-7,9H2,(H3,13,14,16). The van der Waals surface area contributed by atoms with Crippen molar-refractivity contribution in [3.63, 3.8) is 0 Å². The van der Waals surface area contributed by atoms with Crippen molar-refractivity contribution >= 4 is 11.7 Å². The first kappa shape index (κ1) is 11.9. The van der Waals surface area contributed by atoms with Crippen LogP contribution in [0.4, 0.5) is 10.5 Å². The molecule has 1 aromatic rings. The van der Waals surface area contributed by atoms with Crippen LogP contribution in [0.25, 0.3) is 0 Å². The molecule has 2 rings (SSSR count). The first-order valence-electron chi connectivity index (χ1n) is 5.69. The molecule has 0 bridgehead atoms. The molecule has 0 aliphatic carbocycles. The number of rotatable bonds is 3. The SMILES string of the molecule is NC(=O)Nc1cccc(CN2CCOCC2)c1. The van der Waals surface area contributed by atoms with Crippen LogP contribution in [-0.2, 0) is 11.3 Å². The quantitative estimate of drug-likeness (QED) is 0.821. The summed E-state index contributed by atoms with van der Waals surface area (Å²) in [4.78, 5) is 13.1. The van der Waals surface area contributed by atoms with Gasteiger partial charge in [-0.3, -0.25) is 4.90 Å². The normalized spacial score (nSPS) is 16.7. The molecule has 0 saturated carbocycles. The number of nitrogens with zero attached hydrogens (tertiary/aromatic N) is 1. The molecule has 0 atom stereocenters. The molecule has 1 fully saturated rings. The first-order valence-corrected chi connectivity index (χ1v) is 5.69. The van der Waals surface area contributed by atoms with E-state index in [9.17, 15) is 4.79 Å². The van der Waals surface area contributed by atoms with Crippen molar-refractivity contribution in [3.05, 3.63) is 29.8 Å². The van der Waals surface area contributed by atoms with Gasteiger partial charge in [-0.25, -0.2) is 4.79 Å². The van der Waals surface area contributed by atoms with Crippen LogP contribution in [0, 0.1) is 0 Å². The van der Waals surface area contributed by atoms with Gasteiger partial charge in [0.15, 0.2) is 0 Å². The molecule has 3 N–H and O–H groups in total. The third-order valence-electron chi connectivity index (χ3n) is 2.70. The van der Waals surface area contributed by atoms with Crippen molar-refractivity contribution < 1.29 is 9.53 Å². The van der Waals surface area contributed by atoms with Crippen LogP contribution in [0.15, 0.2) is 24.3 Å². The highest BCUT2D eigenvalue weighted by atomic mass is 16.5. The summed E-state index contributed by atoms with van der Waals surface area (Å²) >= 11 is 0. The lowest BCUT2D eigenvalue weighted by molar-refractivity contribution is 0.0342. The number of anilines is 1. The van der Waals surface area contributed by atoms with E-state index in [0.29, 0.717) is 0 Å². The summed E-state index contributed by atoms with van der Waals surface area (Å²) < 4.78 is 5.30. The van der Waals surface area contributed by atoms with E-state index in [-0.39, 0.29) is 0 Å². The van der Waals surface area contributed by atoms with E-state index in [4.69, 9.17) is 10.5 Å². The Hall–Kier alpha value is -1.59. The van der Waals surface area contributed by atoms with Gasteiger partial charge in [-0.15, -0.1) is 0 Å². The van der Waals surface area contributed by atoms with Crippen molar-refractivity contribution in [3.8, 4) is 0 Å². The van der Waals surface area contributed by atoms with Crippen molar-refractivity contribution in [2.75, 3.05) is 31.6 Å². The summed E-state index contributed by atoms with van der Waals surface area (Å²) in [6.07, 6.45) is 0.